The third kappa shape index (κ3) is 10.9. The van der Waals surface area contributed by atoms with E-state index in [-0.39, 0.29) is 11.5 Å². The second-order valence-corrected chi connectivity index (χ2v) is 8.95. The molecule has 0 rings (SSSR count). The molecule has 0 spiro atoms. The minimum absolute atomic E-state index is 0.000815. The van der Waals surface area contributed by atoms with Crippen molar-refractivity contribution in [3.8, 4) is 0 Å². The number of rotatable bonds is 9. The highest BCUT2D eigenvalue weighted by Gasteiger charge is 2.17. The van der Waals surface area contributed by atoms with E-state index in [9.17, 15) is 16.8 Å². The topological polar surface area (TPSA) is 92.3 Å². The molecule has 110 valence electrons. The molecular formula is C10H24N2O4S2. The van der Waals surface area contributed by atoms with Crippen molar-refractivity contribution in [2.45, 2.75) is 39.3 Å². The number of hydrogen-bond donors (Lipinski definition) is 2. The van der Waals surface area contributed by atoms with Gasteiger partial charge in [0.2, 0.25) is 10.0 Å². The Morgan fingerprint density at radius 1 is 1.06 bits per heavy atom. The van der Waals surface area contributed by atoms with Gasteiger partial charge >= 0.3 is 0 Å². The lowest BCUT2D eigenvalue weighted by molar-refractivity contribution is 0.551. The predicted octanol–water partition coefficient (Wildman–Crippen LogP) is -0.273. The molecule has 1 atom stereocenters. The minimum Gasteiger partial charge on any atom is -0.314 e. The number of nitrogens with one attached hydrogen (secondary N) is 2. The van der Waals surface area contributed by atoms with Crippen LogP contribution < -0.4 is 10.0 Å². The number of sulfonamides is 1. The molecule has 0 aliphatic rings. The summed E-state index contributed by atoms with van der Waals surface area (Å²) >= 11 is 0. The van der Waals surface area contributed by atoms with E-state index >= 15 is 0 Å². The van der Waals surface area contributed by atoms with Gasteiger partial charge in [-0.1, -0.05) is 13.8 Å². The second-order valence-electron chi connectivity index (χ2n) is 4.89. The third-order valence-corrected chi connectivity index (χ3v) is 4.77. The number of hydrogen-bond acceptors (Lipinski definition) is 5. The molecule has 0 aromatic carbocycles. The summed E-state index contributed by atoms with van der Waals surface area (Å²) in [7, 11) is -6.58. The summed E-state index contributed by atoms with van der Waals surface area (Å²) in [5, 5.41) is 3.12. The maximum absolute atomic E-state index is 11.6. The van der Waals surface area contributed by atoms with Crippen LogP contribution in [0.5, 0.6) is 0 Å². The Balaban J connectivity index is 4.08. The van der Waals surface area contributed by atoms with Crippen LogP contribution in [0.25, 0.3) is 0 Å². The average molecular weight is 300 g/mol. The highest BCUT2D eigenvalue weighted by molar-refractivity contribution is 7.91. The predicted molar refractivity (Wildman–Crippen MR) is 73.9 cm³/mol. The smallest absolute Gasteiger partial charge is 0.211 e. The van der Waals surface area contributed by atoms with Crippen LogP contribution in [-0.4, -0.2) is 53.2 Å². The Labute approximate surface area is 111 Å². The molecule has 0 heterocycles. The maximum atomic E-state index is 11.6. The normalized spacial score (nSPS) is 14.9. The largest absolute Gasteiger partial charge is 0.314 e. The van der Waals surface area contributed by atoms with Crippen molar-refractivity contribution in [1.82, 2.24) is 10.0 Å². The standard InChI is InChI=1S/C10H24N2O4S2/c1-9(2)11-6-5-7-18(15,16)12-10(3)8-17(4,13)14/h9-12H,5-8H2,1-4H3. The summed E-state index contributed by atoms with van der Waals surface area (Å²) in [6.07, 6.45) is 1.59. The van der Waals surface area contributed by atoms with Gasteiger partial charge in [-0.05, 0) is 19.9 Å². The molecule has 0 saturated carbocycles. The zero-order chi connectivity index (χ0) is 14.4. The fourth-order valence-corrected chi connectivity index (χ4v) is 3.94. The van der Waals surface area contributed by atoms with Gasteiger partial charge in [-0.2, -0.15) is 0 Å². The van der Waals surface area contributed by atoms with Crippen LogP contribution in [0.4, 0.5) is 0 Å². The summed E-state index contributed by atoms with van der Waals surface area (Å²) in [6.45, 7) is 6.14. The quantitative estimate of drug-likeness (QED) is 0.572. The molecule has 18 heavy (non-hydrogen) atoms. The van der Waals surface area contributed by atoms with E-state index < -0.39 is 25.9 Å². The Kier molecular flexibility index (Phi) is 7.34. The Morgan fingerprint density at radius 2 is 1.61 bits per heavy atom. The van der Waals surface area contributed by atoms with Gasteiger partial charge in [-0.3, -0.25) is 0 Å². The molecule has 0 aliphatic carbocycles. The minimum atomic E-state index is -3.41. The zero-order valence-electron chi connectivity index (χ0n) is 11.4. The summed E-state index contributed by atoms with van der Waals surface area (Å²) in [4.78, 5) is 0. The van der Waals surface area contributed by atoms with E-state index in [4.69, 9.17) is 0 Å². The van der Waals surface area contributed by atoms with Crippen LogP contribution in [-0.2, 0) is 19.9 Å². The summed E-state index contributed by atoms with van der Waals surface area (Å²) in [6, 6.07) is -0.270. The van der Waals surface area contributed by atoms with Crippen LogP contribution >= 0.6 is 0 Å². The molecule has 6 nitrogen and oxygen atoms in total. The van der Waals surface area contributed by atoms with Gasteiger partial charge in [0.15, 0.2) is 0 Å². The molecule has 0 saturated heterocycles. The maximum Gasteiger partial charge on any atom is 0.211 e. The molecule has 0 aromatic rings. The summed E-state index contributed by atoms with van der Waals surface area (Å²) in [5.74, 6) is -0.183. The lowest BCUT2D eigenvalue weighted by Gasteiger charge is -2.13. The Hall–Kier alpha value is -0.180. The monoisotopic (exact) mass is 300 g/mol. The Bertz CT molecular complexity index is 429. The fraction of sp³-hybridized carbons (Fsp3) is 1.00. The fourth-order valence-electron chi connectivity index (χ4n) is 1.51. The van der Waals surface area contributed by atoms with Crippen molar-refractivity contribution in [1.29, 1.82) is 0 Å². The molecule has 0 aliphatic heterocycles. The van der Waals surface area contributed by atoms with Gasteiger partial charge in [0.05, 0.1) is 11.5 Å². The van der Waals surface area contributed by atoms with Gasteiger partial charge in [-0.25, -0.2) is 21.6 Å². The number of sulfone groups is 1. The van der Waals surface area contributed by atoms with E-state index in [1.165, 1.54) is 0 Å². The Morgan fingerprint density at radius 3 is 2.06 bits per heavy atom. The molecule has 0 fully saturated rings. The molecule has 8 heteroatoms. The third-order valence-electron chi connectivity index (χ3n) is 2.08. The lowest BCUT2D eigenvalue weighted by atomic mass is 10.4. The first kappa shape index (κ1) is 17.8. The van der Waals surface area contributed by atoms with Crippen molar-refractivity contribution in [2.75, 3.05) is 24.3 Å². The molecule has 2 N–H and O–H groups in total. The van der Waals surface area contributed by atoms with Crippen LogP contribution in [0.1, 0.15) is 27.2 Å². The van der Waals surface area contributed by atoms with E-state index in [1.807, 2.05) is 13.8 Å². The van der Waals surface area contributed by atoms with Gasteiger partial charge in [-0.15, -0.1) is 0 Å². The average Bonchev–Trinajstić information content (AvgIpc) is 2.07. The highest BCUT2D eigenvalue weighted by atomic mass is 32.2. The van der Waals surface area contributed by atoms with Crippen molar-refractivity contribution in [3.05, 3.63) is 0 Å². The van der Waals surface area contributed by atoms with Gasteiger partial charge in [0.25, 0.3) is 0 Å². The first-order valence-corrected chi connectivity index (χ1v) is 9.64. The SMILES string of the molecule is CC(C)NCCCS(=O)(=O)NC(C)CS(C)(=O)=O. The van der Waals surface area contributed by atoms with Crippen LogP contribution in [0, 0.1) is 0 Å². The van der Waals surface area contributed by atoms with Crippen molar-refractivity contribution >= 4 is 19.9 Å². The highest BCUT2D eigenvalue weighted by Crippen LogP contribution is 1.96. The van der Waals surface area contributed by atoms with Crippen molar-refractivity contribution < 1.29 is 16.8 Å². The molecular weight excluding hydrogens is 276 g/mol. The van der Waals surface area contributed by atoms with E-state index in [2.05, 4.69) is 10.0 Å². The van der Waals surface area contributed by atoms with Crippen LogP contribution in [0.15, 0.2) is 0 Å². The first-order valence-electron chi connectivity index (χ1n) is 5.93. The van der Waals surface area contributed by atoms with Crippen molar-refractivity contribution in [3.63, 3.8) is 0 Å². The zero-order valence-corrected chi connectivity index (χ0v) is 13.1. The van der Waals surface area contributed by atoms with Gasteiger partial charge in [0, 0.05) is 18.3 Å². The summed E-state index contributed by atoms with van der Waals surface area (Å²) in [5.41, 5.74) is 0. The lowest BCUT2D eigenvalue weighted by Crippen LogP contribution is -2.39. The van der Waals surface area contributed by atoms with E-state index in [0.717, 1.165) is 6.26 Å². The summed E-state index contributed by atoms with van der Waals surface area (Å²) < 4.78 is 47.7. The first-order chi connectivity index (χ1) is 8.02. The van der Waals surface area contributed by atoms with Crippen LogP contribution in [0.3, 0.4) is 0 Å². The van der Waals surface area contributed by atoms with E-state index in [1.54, 1.807) is 6.92 Å². The molecule has 0 radical (unpaired) electrons. The van der Waals surface area contributed by atoms with Gasteiger partial charge in [0.1, 0.15) is 9.84 Å². The molecule has 0 amide bonds. The molecule has 1 unspecified atom stereocenters. The molecule has 0 bridgehead atoms. The van der Waals surface area contributed by atoms with Crippen LogP contribution in [0.2, 0.25) is 0 Å². The van der Waals surface area contributed by atoms with Gasteiger partial charge < -0.3 is 5.32 Å². The molecule has 0 aromatic heterocycles. The second kappa shape index (κ2) is 7.42. The van der Waals surface area contributed by atoms with E-state index in [0.29, 0.717) is 19.0 Å². The van der Waals surface area contributed by atoms with Crippen molar-refractivity contribution in [2.24, 2.45) is 0 Å².